The second-order valence-electron chi connectivity index (χ2n) is 5.42. The van der Waals surface area contributed by atoms with Gasteiger partial charge in [0.05, 0.1) is 18.8 Å². The first-order valence-corrected chi connectivity index (χ1v) is 7.29. The molecule has 0 spiro atoms. The maximum absolute atomic E-state index is 5.92. The van der Waals surface area contributed by atoms with Crippen molar-refractivity contribution in [2.75, 3.05) is 23.8 Å². The number of anilines is 2. The number of aromatic nitrogens is 2. The van der Waals surface area contributed by atoms with Gasteiger partial charge in [0.2, 0.25) is 0 Å². The summed E-state index contributed by atoms with van der Waals surface area (Å²) in [5.74, 6) is 2.42. The molecule has 2 N–H and O–H groups in total. The average molecular weight is 262 g/mol. The molecular formula is C14H22N4O. The summed E-state index contributed by atoms with van der Waals surface area (Å²) in [4.78, 5) is 11.4. The lowest BCUT2D eigenvalue weighted by atomic mass is 10.1. The highest BCUT2D eigenvalue weighted by Crippen LogP contribution is 2.32. The molecule has 1 aliphatic heterocycles. The zero-order valence-electron chi connectivity index (χ0n) is 11.5. The van der Waals surface area contributed by atoms with Crippen LogP contribution in [0.2, 0.25) is 0 Å². The van der Waals surface area contributed by atoms with Gasteiger partial charge in [-0.05, 0) is 25.7 Å². The molecule has 1 aliphatic carbocycles. The van der Waals surface area contributed by atoms with Crippen LogP contribution < -0.4 is 10.6 Å². The number of nitrogens with zero attached hydrogens (tertiary/aromatic N) is 3. The van der Waals surface area contributed by atoms with E-state index in [9.17, 15) is 0 Å². The maximum Gasteiger partial charge on any atom is 0.134 e. The van der Waals surface area contributed by atoms with Crippen LogP contribution in [0.25, 0.3) is 0 Å². The molecule has 2 unspecified atom stereocenters. The normalized spacial score (nSPS) is 26.5. The molecule has 0 bridgehead atoms. The molecule has 1 aromatic heterocycles. The first-order chi connectivity index (χ1) is 9.28. The predicted octanol–water partition coefficient (Wildman–Crippen LogP) is 1.77. The Balaban J connectivity index is 1.87. The number of hydrogen-bond acceptors (Lipinski definition) is 5. The third-order valence-electron chi connectivity index (χ3n) is 4.03. The molecule has 2 atom stereocenters. The summed E-state index contributed by atoms with van der Waals surface area (Å²) in [7, 11) is 0. The van der Waals surface area contributed by atoms with Crippen molar-refractivity contribution < 1.29 is 4.74 Å². The van der Waals surface area contributed by atoms with E-state index in [2.05, 4.69) is 21.8 Å². The Bertz CT molecular complexity index is 451. The Morgan fingerprint density at radius 3 is 3.16 bits per heavy atom. The zero-order chi connectivity index (χ0) is 13.2. The van der Waals surface area contributed by atoms with Gasteiger partial charge in [-0.25, -0.2) is 9.97 Å². The first-order valence-electron chi connectivity index (χ1n) is 7.29. The van der Waals surface area contributed by atoms with E-state index in [1.54, 1.807) is 0 Å². The van der Waals surface area contributed by atoms with E-state index in [0.29, 0.717) is 18.0 Å². The topological polar surface area (TPSA) is 64.3 Å². The Kier molecular flexibility index (Phi) is 3.55. The highest BCUT2D eigenvalue weighted by atomic mass is 16.5. The van der Waals surface area contributed by atoms with Crippen LogP contribution >= 0.6 is 0 Å². The van der Waals surface area contributed by atoms with Gasteiger partial charge in [0.15, 0.2) is 0 Å². The molecule has 1 saturated carbocycles. The van der Waals surface area contributed by atoms with Crippen molar-refractivity contribution in [2.45, 2.75) is 51.2 Å². The Labute approximate surface area is 114 Å². The summed E-state index contributed by atoms with van der Waals surface area (Å²) in [5, 5.41) is 0. The van der Waals surface area contributed by atoms with E-state index in [1.807, 2.05) is 6.07 Å². The van der Waals surface area contributed by atoms with Crippen LogP contribution in [0.4, 0.5) is 11.6 Å². The SMILES string of the molecule is CCCc1nc(N)cc(N2CCOC3CCCC32)n1. The van der Waals surface area contributed by atoms with Crippen LogP contribution in [0.15, 0.2) is 6.07 Å². The van der Waals surface area contributed by atoms with E-state index in [1.165, 1.54) is 19.3 Å². The summed E-state index contributed by atoms with van der Waals surface area (Å²) >= 11 is 0. The third kappa shape index (κ3) is 2.52. The predicted molar refractivity (Wildman–Crippen MR) is 75.2 cm³/mol. The number of ether oxygens (including phenoxy) is 1. The monoisotopic (exact) mass is 262 g/mol. The van der Waals surface area contributed by atoms with E-state index >= 15 is 0 Å². The first kappa shape index (κ1) is 12.7. The molecule has 0 radical (unpaired) electrons. The van der Waals surface area contributed by atoms with Crippen molar-refractivity contribution in [3.63, 3.8) is 0 Å². The molecule has 1 saturated heterocycles. The summed E-state index contributed by atoms with van der Waals surface area (Å²) in [6.45, 7) is 3.82. The lowest BCUT2D eigenvalue weighted by Crippen LogP contribution is -2.49. The van der Waals surface area contributed by atoms with Gasteiger partial charge in [0.1, 0.15) is 17.5 Å². The van der Waals surface area contributed by atoms with Crippen LogP contribution in [0.3, 0.4) is 0 Å². The minimum atomic E-state index is 0.375. The van der Waals surface area contributed by atoms with Gasteiger partial charge in [-0.1, -0.05) is 6.92 Å². The summed E-state index contributed by atoms with van der Waals surface area (Å²) in [6.07, 6.45) is 5.91. The van der Waals surface area contributed by atoms with Gasteiger partial charge in [0, 0.05) is 19.0 Å². The van der Waals surface area contributed by atoms with E-state index in [0.717, 1.165) is 37.6 Å². The fourth-order valence-electron chi connectivity index (χ4n) is 3.20. The highest BCUT2D eigenvalue weighted by molar-refractivity contribution is 5.48. The quantitative estimate of drug-likeness (QED) is 0.899. The number of fused-ring (bicyclic) bond motifs is 1. The van der Waals surface area contributed by atoms with Gasteiger partial charge in [-0.2, -0.15) is 0 Å². The van der Waals surface area contributed by atoms with Crippen LogP contribution in [0.5, 0.6) is 0 Å². The largest absolute Gasteiger partial charge is 0.384 e. The van der Waals surface area contributed by atoms with E-state index in [-0.39, 0.29) is 0 Å². The fraction of sp³-hybridized carbons (Fsp3) is 0.714. The van der Waals surface area contributed by atoms with Crippen LogP contribution in [-0.2, 0) is 11.2 Å². The van der Waals surface area contributed by atoms with Gasteiger partial charge in [-0.3, -0.25) is 0 Å². The highest BCUT2D eigenvalue weighted by Gasteiger charge is 2.36. The van der Waals surface area contributed by atoms with E-state index in [4.69, 9.17) is 10.5 Å². The molecule has 5 heteroatoms. The molecule has 2 heterocycles. The number of nitrogens with two attached hydrogens (primary N) is 1. The summed E-state index contributed by atoms with van der Waals surface area (Å²) < 4.78 is 5.85. The van der Waals surface area contributed by atoms with Crippen LogP contribution in [0, 0.1) is 0 Å². The second-order valence-corrected chi connectivity index (χ2v) is 5.42. The van der Waals surface area contributed by atoms with Crippen molar-refractivity contribution in [1.82, 2.24) is 9.97 Å². The average Bonchev–Trinajstić information content (AvgIpc) is 2.86. The van der Waals surface area contributed by atoms with Crippen molar-refractivity contribution in [3.05, 3.63) is 11.9 Å². The van der Waals surface area contributed by atoms with Gasteiger partial charge < -0.3 is 15.4 Å². The van der Waals surface area contributed by atoms with Crippen molar-refractivity contribution in [3.8, 4) is 0 Å². The summed E-state index contributed by atoms with van der Waals surface area (Å²) in [6, 6.07) is 2.37. The maximum atomic E-state index is 5.92. The molecular weight excluding hydrogens is 240 g/mol. The smallest absolute Gasteiger partial charge is 0.134 e. The van der Waals surface area contributed by atoms with Crippen LogP contribution in [-0.4, -0.2) is 35.3 Å². The van der Waals surface area contributed by atoms with E-state index < -0.39 is 0 Å². The van der Waals surface area contributed by atoms with Gasteiger partial charge in [0.25, 0.3) is 0 Å². The van der Waals surface area contributed by atoms with Crippen molar-refractivity contribution >= 4 is 11.6 Å². The minimum absolute atomic E-state index is 0.375. The third-order valence-corrected chi connectivity index (χ3v) is 4.03. The molecule has 5 nitrogen and oxygen atoms in total. The van der Waals surface area contributed by atoms with Gasteiger partial charge in [-0.15, -0.1) is 0 Å². The molecule has 19 heavy (non-hydrogen) atoms. The Hall–Kier alpha value is -1.36. The standard InChI is InChI=1S/C14H22N4O/c1-2-4-13-16-12(15)9-14(17-13)18-7-8-19-11-6-3-5-10(11)18/h9-11H,2-8H2,1H3,(H2,15,16,17). The number of nitrogen functional groups attached to an aromatic ring is 1. The second kappa shape index (κ2) is 5.33. The Morgan fingerprint density at radius 2 is 2.32 bits per heavy atom. The van der Waals surface area contributed by atoms with Crippen LogP contribution in [0.1, 0.15) is 38.4 Å². The number of morpholine rings is 1. The van der Waals surface area contributed by atoms with Crippen molar-refractivity contribution in [1.29, 1.82) is 0 Å². The van der Waals surface area contributed by atoms with Crippen molar-refractivity contribution in [2.24, 2.45) is 0 Å². The molecule has 104 valence electrons. The zero-order valence-corrected chi connectivity index (χ0v) is 11.5. The molecule has 0 amide bonds. The van der Waals surface area contributed by atoms with Gasteiger partial charge >= 0.3 is 0 Å². The number of aryl methyl sites for hydroxylation is 1. The molecule has 0 aromatic carbocycles. The number of hydrogen-bond donors (Lipinski definition) is 1. The summed E-state index contributed by atoms with van der Waals surface area (Å²) in [5.41, 5.74) is 5.92. The minimum Gasteiger partial charge on any atom is -0.384 e. The lowest BCUT2D eigenvalue weighted by Gasteiger charge is -2.38. The molecule has 3 rings (SSSR count). The molecule has 1 aromatic rings. The Morgan fingerprint density at radius 1 is 1.42 bits per heavy atom. The number of rotatable bonds is 3. The molecule has 2 aliphatic rings. The fourth-order valence-corrected chi connectivity index (χ4v) is 3.20. The molecule has 2 fully saturated rings. The lowest BCUT2D eigenvalue weighted by molar-refractivity contribution is 0.0253.